The fourth-order valence-corrected chi connectivity index (χ4v) is 1.70. The van der Waals surface area contributed by atoms with Gasteiger partial charge in [0.25, 0.3) is 0 Å². The average Bonchev–Trinajstić information content (AvgIpc) is 2.41. The summed E-state index contributed by atoms with van der Waals surface area (Å²) in [5.74, 6) is 2.95. The maximum absolute atomic E-state index is 13.5. The Hall–Kier alpha value is -1.94. The zero-order chi connectivity index (χ0) is 15.6. The molecule has 1 heterocycles. The lowest BCUT2D eigenvalue weighted by molar-refractivity contribution is -0.141. The standard InChI is InChI=1S/C11H7BrF4N4O/c12-5-1-2-6(13)7(3-5)21-9-4-8(11(14,15)16)18-10(19-9)20-17/h1-4H,17H2,(H,18,19,20). The minimum Gasteiger partial charge on any atom is -0.436 e. The molecule has 112 valence electrons. The summed E-state index contributed by atoms with van der Waals surface area (Å²) in [5.41, 5.74) is 0.619. The highest BCUT2D eigenvalue weighted by molar-refractivity contribution is 9.10. The number of aromatic nitrogens is 2. The Morgan fingerprint density at radius 1 is 1.19 bits per heavy atom. The SMILES string of the molecule is NNc1nc(Oc2cc(Br)ccc2F)cc(C(F)(F)F)n1. The number of rotatable bonds is 3. The minimum atomic E-state index is -4.72. The van der Waals surface area contributed by atoms with Crippen LogP contribution in [0.1, 0.15) is 5.69 Å². The summed E-state index contributed by atoms with van der Waals surface area (Å²) in [5, 5.41) is 0. The Kier molecular flexibility index (Phi) is 4.28. The number of ether oxygens (including phenoxy) is 1. The molecule has 10 heteroatoms. The summed E-state index contributed by atoms with van der Waals surface area (Å²) in [6, 6.07) is 4.30. The van der Waals surface area contributed by atoms with Crippen molar-refractivity contribution < 1.29 is 22.3 Å². The van der Waals surface area contributed by atoms with Crippen LogP contribution in [0.3, 0.4) is 0 Å². The maximum atomic E-state index is 13.5. The topological polar surface area (TPSA) is 73.1 Å². The first-order valence-corrected chi connectivity index (χ1v) is 6.14. The van der Waals surface area contributed by atoms with Crippen LogP contribution in [0.25, 0.3) is 0 Å². The molecule has 3 N–H and O–H groups in total. The molecule has 0 fully saturated rings. The van der Waals surface area contributed by atoms with E-state index in [4.69, 9.17) is 10.6 Å². The normalized spacial score (nSPS) is 11.3. The minimum absolute atomic E-state index is 0.292. The molecule has 0 spiro atoms. The number of hydrogen-bond donors (Lipinski definition) is 2. The molecular formula is C11H7BrF4N4O. The first kappa shape index (κ1) is 15.4. The van der Waals surface area contributed by atoms with Crippen LogP contribution < -0.4 is 16.0 Å². The Morgan fingerprint density at radius 2 is 1.90 bits per heavy atom. The van der Waals surface area contributed by atoms with Gasteiger partial charge in [-0.2, -0.15) is 18.2 Å². The second-order valence-corrected chi connectivity index (χ2v) is 4.65. The highest BCUT2D eigenvalue weighted by atomic mass is 79.9. The molecule has 0 unspecified atom stereocenters. The zero-order valence-corrected chi connectivity index (χ0v) is 11.7. The van der Waals surface area contributed by atoms with Crippen molar-refractivity contribution in [3.05, 3.63) is 40.2 Å². The van der Waals surface area contributed by atoms with Crippen LogP contribution in [-0.4, -0.2) is 9.97 Å². The molecule has 1 aromatic carbocycles. The van der Waals surface area contributed by atoms with Crippen LogP contribution in [0.5, 0.6) is 11.6 Å². The highest BCUT2D eigenvalue weighted by Gasteiger charge is 2.34. The molecule has 2 aromatic rings. The van der Waals surface area contributed by atoms with E-state index in [1.165, 1.54) is 12.1 Å². The van der Waals surface area contributed by atoms with Crippen molar-refractivity contribution in [2.24, 2.45) is 5.84 Å². The van der Waals surface area contributed by atoms with Gasteiger partial charge in [-0.3, -0.25) is 5.43 Å². The monoisotopic (exact) mass is 366 g/mol. The van der Waals surface area contributed by atoms with E-state index in [1.807, 2.05) is 5.43 Å². The van der Waals surface area contributed by atoms with Crippen molar-refractivity contribution in [2.75, 3.05) is 5.43 Å². The quantitative estimate of drug-likeness (QED) is 0.494. The lowest BCUT2D eigenvalue weighted by Crippen LogP contribution is -2.15. The van der Waals surface area contributed by atoms with Crippen molar-refractivity contribution in [1.29, 1.82) is 0 Å². The number of hydrogen-bond acceptors (Lipinski definition) is 5. The molecule has 0 atom stereocenters. The Labute approximate surface area is 124 Å². The number of benzene rings is 1. The number of halogens is 5. The summed E-state index contributed by atoms with van der Waals surface area (Å²) in [6.45, 7) is 0. The van der Waals surface area contributed by atoms with Crippen molar-refractivity contribution in [3.8, 4) is 11.6 Å². The molecule has 0 saturated heterocycles. The third-order valence-corrected chi connectivity index (χ3v) is 2.72. The molecule has 0 aliphatic carbocycles. The third kappa shape index (κ3) is 3.79. The Bertz CT molecular complexity index is 665. The van der Waals surface area contributed by atoms with E-state index in [0.717, 1.165) is 6.07 Å². The molecular weight excluding hydrogens is 360 g/mol. The fraction of sp³-hybridized carbons (Fsp3) is 0.0909. The molecule has 1 aromatic heterocycles. The average molecular weight is 367 g/mol. The van der Waals surface area contributed by atoms with Gasteiger partial charge in [0, 0.05) is 10.5 Å². The number of nitrogens with two attached hydrogens (primary N) is 1. The lowest BCUT2D eigenvalue weighted by atomic mass is 10.3. The second kappa shape index (κ2) is 5.82. The van der Waals surface area contributed by atoms with Gasteiger partial charge in [-0.05, 0) is 18.2 Å². The van der Waals surface area contributed by atoms with Crippen LogP contribution in [0.4, 0.5) is 23.5 Å². The number of hydrazine groups is 1. The predicted octanol–water partition coefficient (Wildman–Crippen LogP) is 3.47. The van der Waals surface area contributed by atoms with Crippen molar-refractivity contribution in [3.63, 3.8) is 0 Å². The van der Waals surface area contributed by atoms with Gasteiger partial charge >= 0.3 is 6.18 Å². The third-order valence-electron chi connectivity index (χ3n) is 2.23. The molecule has 21 heavy (non-hydrogen) atoms. The van der Waals surface area contributed by atoms with Gasteiger partial charge in [0.1, 0.15) is 0 Å². The van der Waals surface area contributed by atoms with Crippen LogP contribution in [0.15, 0.2) is 28.7 Å². The highest BCUT2D eigenvalue weighted by Crippen LogP contribution is 2.32. The number of nitrogen functional groups attached to an aromatic ring is 1. The Morgan fingerprint density at radius 3 is 2.52 bits per heavy atom. The fourth-order valence-electron chi connectivity index (χ4n) is 1.36. The number of alkyl halides is 3. The van der Waals surface area contributed by atoms with Crippen LogP contribution in [-0.2, 0) is 6.18 Å². The van der Waals surface area contributed by atoms with Gasteiger partial charge in [0.05, 0.1) is 0 Å². The van der Waals surface area contributed by atoms with E-state index in [-0.39, 0.29) is 5.75 Å². The first-order valence-electron chi connectivity index (χ1n) is 5.35. The van der Waals surface area contributed by atoms with Gasteiger partial charge in [-0.25, -0.2) is 15.2 Å². The number of anilines is 1. The summed E-state index contributed by atoms with van der Waals surface area (Å²) in [4.78, 5) is 6.73. The van der Waals surface area contributed by atoms with E-state index in [1.54, 1.807) is 0 Å². The molecule has 2 rings (SSSR count). The number of nitrogens with one attached hydrogen (secondary N) is 1. The lowest BCUT2D eigenvalue weighted by Gasteiger charge is -2.11. The molecule has 0 radical (unpaired) electrons. The number of nitrogens with zero attached hydrogens (tertiary/aromatic N) is 2. The Balaban J connectivity index is 2.42. The largest absolute Gasteiger partial charge is 0.436 e. The molecule has 0 saturated carbocycles. The molecule has 0 aliphatic heterocycles. The van der Waals surface area contributed by atoms with E-state index in [2.05, 4.69) is 25.9 Å². The first-order chi connectivity index (χ1) is 9.79. The van der Waals surface area contributed by atoms with Crippen molar-refractivity contribution in [1.82, 2.24) is 9.97 Å². The summed E-state index contributed by atoms with van der Waals surface area (Å²) >= 11 is 3.09. The van der Waals surface area contributed by atoms with Gasteiger partial charge < -0.3 is 4.74 Å². The summed E-state index contributed by atoms with van der Waals surface area (Å²) in [7, 11) is 0. The molecule has 0 bridgehead atoms. The van der Waals surface area contributed by atoms with E-state index < -0.39 is 29.5 Å². The van der Waals surface area contributed by atoms with Gasteiger partial charge in [0.15, 0.2) is 17.3 Å². The molecule has 5 nitrogen and oxygen atoms in total. The van der Waals surface area contributed by atoms with E-state index in [0.29, 0.717) is 10.5 Å². The van der Waals surface area contributed by atoms with E-state index in [9.17, 15) is 17.6 Å². The smallest absolute Gasteiger partial charge is 0.433 e. The van der Waals surface area contributed by atoms with Crippen molar-refractivity contribution >= 4 is 21.9 Å². The van der Waals surface area contributed by atoms with Crippen LogP contribution >= 0.6 is 15.9 Å². The van der Waals surface area contributed by atoms with Crippen LogP contribution in [0.2, 0.25) is 0 Å². The van der Waals surface area contributed by atoms with Gasteiger partial charge in [-0.1, -0.05) is 15.9 Å². The summed E-state index contributed by atoms with van der Waals surface area (Å²) < 4.78 is 57.0. The van der Waals surface area contributed by atoms with Crippen LogP contribution in [0, 0.1) is 5.82 Å². The summed E-state index contributed by atoms with van der Waals surface area (Å²) in [6.07, 6.45) is -4.72. The van der Waals surface area contributed by atoms with Gasteiger partial charge in [0.2, 0.25) is 11.8 Å². The predicted molar refractivity (Wildman–Crippen MR) is 69.0 cm³/mol. The zero-order valence-electron chi connectivity index (χ0n) is 10.1. The molecule has 0 amide bonds. The van der Waals surface area contributed by atoms with Crippen molar-refractivity contribution in [2.45, 2.75) is 6.18 Å². The maximum Gasteiger partial charge on any atom is 0.433 e. The second-order valence-electron chi connectivity index (χ2n) is 3.73. The van der Waals surface area contributed by atoms with E-state index >= 15 is 0 Å². The van der Waals surface area contributed by atoms with Gasteiger partial charge in [-0.15, -0.1) is 0 Å². The molecule has 0 aliphatic rings.